The fraction of sp³-hybridized carbons (Fsp3) is 0.667. The molecule has 5 rings (SSSR count). The van der Waals surface area contributed by atoms with Gasteiger partial charge in [0.25, 0.3) is 0 Å². The van der Waals surface area contributed by atoms with Crippen molar-refractivity contribution in [2.45, 2.75) is 63.2 Å². The molecule has 168 valence electrons. The Kier molecular flexibility index (Phi) is 5.64. The van der Waals surface area contributed by atoms with Crippen LogP contribution < -0.4 is 5.32 Å². The van der Waals surface area contributed by atoms with Gasteiger partial charge in [0.1, 0.15) is 11.9 Å². The zero-order chi connectivity index (χ0) is 21.6. The molecule has 2 aromatic rings. The number of halogens is 1. The van der Waals surface area contributed by atoms with E-state index < -0.39 is 5.79 Å². The van der Waals surface area contributed by atoms with Crippen molar-refractivity contribution in [2.24, 2.45) is 5.92 Å². The van der Waals surface area contributed by atoms with Crippen molar-refractivity contribution in [3.63, 3.8) is 0 Å². The molecule has 31 heavy (non-hydrogen) atoms. The molecule has 1 saturated carbocycles. The summed E-state index contributed by atoms with van der Waals surface area (Å²) in [7, 11) is 0. The summed E-state index contributed by atoms with van der Waals surface area (Å²) in [6, 6.07) is 0.262. The lowest BCUT2D eigenvalue weighted by Gasteiger charge is -2.24. The maximum Gasteiger partial charge on any atom is 0.224 e. The van der Waals surface area contributed by atoms with Crippen LogP contribution in [0, 0.1) is 5.92 Å². The summed E-state index contributed by atoms with van der Waals surface area (Å²) in [4.78, 5) is 8.66. The fourth-order valence-corrected chi connectivity index (χ4v) is 5.02. The van der Waals surface area contributed by atoms with Crippen LogP contribution in [0.2, 0.25) is 5.28 Å². The summed E-state index contributed by atoms with van der Waals surface area (Å²) in [6.45, 7) is 5.35. The molecule has 0 bridgehead atoms. The lowest BCUT2D eigenvalue weighted by molar-refractivity contribution is -0.158. The molecule has 2 aliphatic heterocycles. The summed E-state index contributed by atoms with van der Waals surface area (Å²) in [6.07, 6.45) is 7.85. The molecule has 4 heterocycles. The van der Waals surface area contributed by atoms with Gasteiger partial charge in [-0.05, 0) is 44.7 Å². The van der Waals surface area contributed by atoms with E-state index in [4.69, 9.17) is 25.8 Å². The fourth-order valence-electron chi connectivity index (χ4n) is 4.89. The van der Waals surface area contributed by atoms with E-state index in [0.717, 1.165) is 37.2 Å². The summed E-state index contributed by atoms with van der Waals surface area (Å²) in [5.74, 6) is -0.0522. The van der Waals surface area contributed by atoms with Gasteiger partial charge in [-0.15, -0.1) is 0 Å². The second-order valence-corrected chi connectivity index (χ2v) is 9.29. The van der Waals surface area contributed by atoms with Crippen LogP contribution in [0.15, 0.2) is 18.6 Å². The van der Waals surface area contributed by atoms with E-state index in [9.17, 15) is 5.11 Å². The smallest absolute Gasteiger partial charge is 0.224 e. The molecule has 10 heteroatoms. The van der Waals surface area contributed by atoms with Crippen LogP contribution in [0.3, 0.4) is 0 Å². The van der Waals surface area contributed by atoms with Gasteiger partial charge in [0.05, 0.1) is 24.4 Å². The first-order valence-corrected chi connectivity index (χ1v) is 11.2. The number of nitrogens with one attached hydrogen (secondary N) is 1. The number of ether oxygens (including phenoxy) is 3. The Morgan fingerprint density at radius 1 is 1.23 bits per heavy atom. The zero-order valence-electron chi connectivity index (χ0n) is 17.7. The third-order valence-electron chi connectivity index (χ3n) is 6.37. The number of aromatic nitrogens is 4. The number of nitrogens with zero attached hydrogens (tertiary/aromatic N) is 4. The molecule has 0 radical (unpaired) electrons. The molecule has 0 spiro atoms. The molecule has 0 aromatic carbocycles. The minimum absolute atomic E-state index is 0.00121. The van der Waals surface area contributed by atoms with E-state index in [1.807, 2.05) is 30.9 Å². The van der Waals surface area contributed by atoms with Gasteiger partial charge in [0.2, 0.25) is 5.28 Å². The summed E-state index contributed by atoms with van der Waals surface area (Å²) >= 11 is 6.14. The van der Waals surface area contributed by atoms with E-state index in [0.29, 0.717) is 18.3 Å². The topological polar surface area (TPSA) is 104 Å². The predicted molar refractivity (Wildman–Crippen MR) is 114 cm³/mol. The van der Waals surface area contributed by atoms with E-state index in [1.54, 1.807) is 6.20 Å². The summed E-state index contributed by atoms with van der Waals surface area (Å²) in [5.41, 5.74) is 1.74. The molecule has 9 nitrogen and oxygen atoms in total. The molecule has 4 atom stereocenters. The first kappa shape index (κ1) is 21.1. The number of hydrogen-bond acceptors (Lipinski definition) is 8. The zero-order valence-corrected chi connectivity index (χ0v) is 18.5. The van der Waals surface area contributed by atoms with Gasteiger partial charge in [-0.3, -0.25) is 4.68 Å². The number of rotatable bonds is 5. The standard InChI is InChI=1S/C21H28ClN5O4/c1-21(2)30-17-12(11-28)7-16(18(17)31-21)25-19-15(9-23-20(22)26-19)13-8-24-27(10-13)14-3-5-29-6-4-14/h8-10,12,14,16-18,28H,3-7,11H2,1-2H3,(H,23,25,26)/t12-,16-,17-,18+/m1/s1. The van der Waals surface area contributed by atoms with Crippen molar-refractivity contribution in [2.75, 3.05) is 25.1 Å². The van der Waals surface area contributed by atoms with Crippen molar-refractivity contribution < 1.29 is 19.3 Å². The first-order chi connectivity index (χ1) is 14.9. The van der Waals surface area contributed by atoms with Gasteiger partial charge in [-0.2, -0.15) is 5.10 Å². The molecule has 2 saturated heterocycles. The predicted octanol–water partition coefficient (Wildman–Crippen LogP) is 2.66. The van der Waals surface area contributed by atoms with Gasteiger partial charge < -0.3 is 24.6 Å². The quantitative estimate of drug-likeness (QED) is 0.671. The molecule has 1 aliphatic carbocycles. The van der Waals surface area contributed by atoms with E-state index in [1.165, 1.54) is 0 Å². The second-order valence-electron chi connectivity index (χ2n) is 8.95. The Balaban J connectivity index is 1.41. The second kappa shape index (κ2) is 8.29. The van der Waals surface area contributed by atoms with Crippen LogP contribution in [-0.2, 0) is 14.2 Å². The number of aliphatic hydroxyl groups excluding tert-OH is 1. The van der Waals surface area contributed by atoms with Crippen molar-refractivity contribution in [3.05, 3.63) is 23.9 Å². The first-order valence-electron chi connectivity index (χ1n) is 10.8. The number of hydrogen-bond donors (Lipinski definition) is 2. The lowest BCUT2D eigenvalue weighted by Crippen LogP contribution is -2.34. The SMILES string of the molecule is CC1(C)O[C@@H]2[C@@H](CO)C[C@@H](Nc3nc(Cl)ncc3-c3cnn(C4CCOCC4)c3)[C@@H]2O1. The van der Waals surface area contributed by atoms with Gasteiger partial charge in [0.15, 0.2) is 5.79 Å². The number of anilines is 1. The Bertz CT molecular complexity index is 932. The van der Waals surface area contributed by atoms with Gasteiger partial charge in [-0.25, -0.2) is 9.97 Å². The largest absolute Gasteiger partial charge is 0.396 e. The highest BCUT2D eigenvalue weighted by Crippen LogP contribution is 2.43. The monoisotopic (exact) mass is 449 g/mol. The molecule has 0 amide bonds. The molecule has 3 fully saturated rings. The highest BCUT2D eigenvalue weighted by Gasteiger charge is 2.53. The Morgan fingerprint density at radius 3 is 2.77 bits per heavy atom. The average molecular weight is 450 g/mol. The maximum absolute atomic E-state index is 9.84. The van der Waals surface area contributed by atoms with E-state index in [2.05, 4.69) is 20.4 Å². The molecule has 2 aromatic heterocycles. The Morgan fingerprint density at radius 2 is 2.00 bits per heavy atom. The van der Waals surface area contributed by atoms with Crippen LogP contribution in [0.4, 0.5) is 5.82 Å². The molecule has 0 unspecified atom stereocenters. The highest BCUT2D eigenvalue weighted by atomic mass is 35.5. The van der Waals surface area contributed by atoms with E-state index in [-0.39, 0.29) is 36.1 Å². The van der Waals surface area contributed by atoms with Gasteiger partial charge in [0, 0.05) is 49.3 Å². The van der Waals surface area contributed by atoms with Crippen molar-refractivity contribution in [1.29, 1.82) is 0 Å². The minimum Gasteiger partial charge on any atom is -0.396 e. The van der Waals surface area contributed by atoms with Gasteiger partial charge >= 0.3 is 0 Å². The molecular formula is C21H28ClN5O4. The van der Waals surface area contributed by atoms with Crippen molar-refractivity contribution >= 4 is 17.4 Å². The van der Waals surface area contributed by atoms with Crippen molar-refractivity contribution in [1.82, 2.24) is 19.7 Å². The molecule has 3 aliphatic rings. The third kappa shape index (κ3) is 4.17. The number of aliphatic hydroxyl groups is 1. The Hall–Kier alpha value is -1.78. The van der Waals surface area contributed by atoms with Crippen LogP contribution in [0.1, 0.15) is 39.2 Å². The third-order valence-corrected chi connectivity index (χ3v) is 6.56. The van der Waals surface area contributed by atoms with Crippen LogP contribution >= 0.6 is 11.6 Å². The lowest BCUT2D eigenvalue weighted by atomic mass is 10.1. The highest BCUT2D eigenvalue weighted by molar-refractivity contribution is 6.28. The molecule has 2 N–H and O–H groups in total. The summed E-state index contributed by atoms with van der Waals surface area (Å²) < 4.78 is 19.7. The molecular weight excluding hydrogens is 422 g/mol. The average Bonchev–Trinajstić information content (AvgIpc) is 3.43. The maximum atomic E-state index is 9.84. The summed E-state index contributed by atoms with van der Waals surface area (Å²) in [5, 5.41) is 18.1. The van der Waals surface area contributed by atoms with Crippen molar-refractivity contribution in [3.8, 4) is 11.1 Å². The van der Waals surface area contributed by atoms with Gasteiger partial charge in [-0.1, -0.05) is 0 Å². The minimum atomic E-state index is -0.680. The Labute approximate surface area is 186 Å². The van der Waals surface area contributed by atoms with Crippen LogP contribution in [-0.4, -0.2) is 68.7 Å². The normalized spacial score (nSPS) is 30.5. The van der Waals surface area contributed by atoms with Crippen LogP contribution in [0.5, 0.6) is 0 Å². The number of fused-ring (bicyclic) bond motifs is 1. The van der Waals surface area contributed by atoms with Crippen LogP contribution in [0.25, 0.3) is 11.1 Å². The van der Waals surface area contributed by atoms with E-state index >= 15 is 0 Å².